The van der Waals surface area contributed by atoms with Gasteiger partial charge in [0.1, 0.15) is 5.75 Å². The van der Waals surface area contributed by atoms with Crippen LogP contribution in [-0.2, 0) is 13.2 Å². The second-order valence-electron chi connectivity index (χ2n) is 6.94. The highest BCUT2D eigenvalue weighted by molar-refractivity contribution is 7.71. The summed E-state index contributed by atoms with van der Waals surface area (Å²) in [4.78, 5) is 2.45. The van der Waals surface area contributed by atoms with Crippen LogP contribution in [0.5, 0.6) is 5.75 Å². The van der Waals surface area contributed by atoms with Crippen molar-refractivity contribution in [3.05, 3.63) is 53.0 Å². The summed E-state index contributed by atoms with van der Waals surface area (Å²) >= 11 is 5.70. The fourth-order valence-electron chi connectivity index (χ4n) is 3.90. The molecular weight excluding hydrogens is 372 g/mol. The number of rotatable bonds is 7. The molecular formula is C21H26N4O2S. The van der Waals surface area contributed by atoms with Crippen molar-refractivity contribution in [2.45, 2.75) is 45.9 Å². The number of hydrogen-bond acceptors (Lipinski definition) is 5. The predicted octanol–water partition coefficient (Wildman–Crippen LogP) is 4.89. The van der Waals surface area contributed by atoms with E-state index in [0.717, 1.165) is 41.6 Å². The number of nitrogens with zero attached hydrogens (tertiary/aromatic N) is 4. The highest BCUT2D eigenvalue weighted by Crippen LogP contribution is 2.33. The highest BCUT2D eigenvalue weighted by Gasteiger charge is 2.27. The van der Waals surface area contributed by atoms with Gasteiger partial charge in [0.15, 0.2) is 16.4 Å². The van der Waals surface area contributed by atoms with Gasteiger partial charge in [0.05, 0.1) is 19.5 Å². The molecule has 0 amide bonds. The van der Waals surface area contributed by atoms with Crippen molar-refractivity contribution in [3.8, 4) is 17.3 Å². The molecule has 0 unspecified atom stereocenters. The maximum absolute atomic E-state index is 5.70. The maximum atomic E-state index is 5.70. The van der Waals surface area contributed by atoms with Crippen molar-refractivity contribution >= 4 is 12.2 Å². The lowest BCUT2D eigenvalue weighted by molar-refractivity contribution is 0.189. The second-order valence-corrected chi connectivity index (χ2v) is 7.31. The van der Waals surface area contributed by atoms with Gasteiger partial charge in [0, 0.05) is 19.1 Å². The van der Waals surface area contributed by atoms with Crippen LogP contribution in [0.2, 0.25) is 0 Å². The van der Waals surface area contributed by atoms with Crippen LogP contribution in [0.25, 0.3) is 11.6 Å². The summed E-state index contributed by atoms with van der Waals surface area (Å²) in [6, 6.07) is 12.6. The summed E-state index contributed by atoms with van der Waals surface area (Å²) < 4.78 is 15.8. The molecule has 0 spiro atoms. The zero-order valence-corrected chi connectivity index (χ0v) is 17.2. The van der Waals surface area contributed by atoms with Gasteiger partial charge in [-0.05, 0) is 68.7 Å². The minimum Gasteiger partial charge on any atom is -0.494 e. The smallest absolute Gasteiger partial charge is 0.199 e. The first-order valence-electron chi connectivity index (χ1n) is 9.89. The van der Waals surface area contributed by atoms with E-state index in [9.17, 15) is 0 Å². The van der Waals surface area contributed by atoms with E-state index < -0.39 is 0 Å². The molecule has 1 saturated heterocycles. The number of aromatic nitrogens is 3. The quantitative estimate of drug-likeness (QED) is 0.531. The largest absolute Gasteiger partial charge is 0.494 e. The van der Waals surface area contributed by atoms with Crippen LogP contribution in [0.4, 0.5) is 0 Å². The molecule has 1 aliphatic heterocycles. The Morgan fingerprint density at radius 1 is 1.21 bits per heavy atom. The minimum atomic E-state index is 0.372. The third-order valence-corrected chi connectivity index (χ3v) is 5.67. The number of likely N-dealkylation sites (tertiary alicyclic amines) is 1. The molecule has 0 radical (unpaired) electrons. The Bertz CT molecular complexity index is 959. The van der Waals surface area contributed by atoms with Crippen molar-refractivity contribution in [2.75, 3.05) is 13.2 Å². The number of benzene rings is 1. The van der Waals surface area contributed by atoms with E-state index in [1.54, 1.807) is 6.26 Å². The van der Waals surface area contributed by atoms with Gasteiger partial charge in [-0.15, -0.1) is 5.10 Å². The lowest BCUT2D eigenvalue weighted by Crippen LogP contribution is -2.27. The van der Waals surface area contributed by atoms with Crippen LogP contribution in [0.15, 0.2) is 47.1 Å². The maximum Gasteiger partial charge on any atom is 0.199 e. The van der Waals surface area contributed by atoms with Crippen LogP contribution in [-0.4, -0.2) is 32.4 Å². The summed E-state index contributed by atoms with van der Waals surface area (Å²) in [5, 5.41) is 4.77. The first kappa shape index (κ1) is 19.0. The summed E-state index contributed by atoms with van der Waals surface area (Å²) in [6.45, 7) is 7.24. The van der Waals surface area contributed by atoms with E-state index in [1.807, 2.05) is 28.3 Å². The van der Waals surface area contributed by atoms with Gasteiger partial charge < -0.3 is 9.15 Å². The molecule has 1 fully saturated rings. The van der Waals surface area contributed by atoms with Gasteiger partial charge in [-0.1, -0.05) is 12.1 Å². The van der Waals surface area contributed by atoms with Crippen LogP contribution in [0.1, 0.15) is 38.3 Å². The topological polar surface area (TPSA) is 48.4 Å². The molecule has 6 nitrogen and oxygen atoms in total. The van der Waals surface area contributed by atoms with E-state index in [4.69, 9.17) is 26.5 Å². The average molecular weight is 399 g/mol. The van der Waals surface area contributed by atoms with Crippen molar-refractivity contribution in [3.63, 3.8) is 0 Å². The molecule has 0 N–H and O–H groups in total. The molecule has 0 saturated carbocycles. The van der Waals surface area contributed by atoms with Crippen LogP contribution >= 0.6 is 12.2 Å². The van der Waals surface area contributed by atoms with Crippen molar-refractivity contribution in [1.29, 1.82) is 0 Å². The Hall–Kier alpha value is -2.38. The summed E-state index contributed by atoms with van der Waals surface area (Å²) in [5.41, 5.74) is 1.31. The molecule has 4 rings (SSSR count). The molecule has 7 heteroatoms. The standard InChI is InChI=1S/C21H26N4O2S/c1-3-24-20(19-8-6-14-27-19)22-25(21(24)28)15-23-13-5-7-18(23)16-9-11-17(12-10-16)26-4-2/h6,8-12,14,18H,3-5,7,13,15H2,1-2H3/t18-/m0/s1. The monoisotopic (exact) mass is 398 g/mol. The van der Waals surface area contributed by atoms with Crippen LogP contribution in [0, 0.1) is 4.77 Å². The summed E-state index contributed by atoms with van der Waals surface area (Å²) in [5.74, 6) is 2.45. The van der Waals surface area contributed by atoms with Gasteiger partial charge in [-0.25, -0.2) is 4.68 Å². The Labute approximate surface area is 170 Å². The molecule has 1 atom stereocenters. The molecule has 1 aliphatic rings. The van der Waals surface area contributed by atoms with E-state index in [2.05, 4.69) is 36.1 Å². The first-order chi connectivity index (χ1) is 13.7. The van der Waals surface area contributed by atoms with Gasteiger partial charge in [0.2, 0.25) is 0 Å². The number of ether oxygens (including phenoxy) is 1. The summed E-state index contributed by atoms with van der Waals surface area (Å²) in [6.07, 6.45) is 3.98. The van der Waals surface area contributed by atoms with Gasteiger partial charge in [-0.2, -0.15) is 0 Å². The molecule has 2 aromatic heterocycles. The van der Waals surface area contributed by atoms with Gasteiger partial charge >= 0.3 is 0 Å². The normalized spacial score (nSPS) is 17.3. The van der Waals surface area contributed by atoms with E-state index in [1.165, 1.54) is 12.0 Å². The molecule has 148 valence electrons. The predicted molar refractivity (Wildman–Crippen MR) is 111 cm³/mol. The van der Waals surface area contributed by atoms with Gasteiger partial charge in [-0.3, -0.25) is 9.47 Å². The minimum absolute atomic E-state index is 0.372. The zero-order valence-electron chi connectivity index (χ0n) is 16.4. The highest BCUT2D eigenvalue weighted by atomic mass is 32.1. The number of hydrogen-bond donors (Lipinski definition) is 0. The van der Waals surface area contributed by atoms with E-state index >= 15 is 0 Å². The fraction of sp³-hybridized carbons (Fsp3) is 0.429. The molecule has 3 heterocycles. The average Bonchev–Trinajstić information content (AvgIpc) is 3.44. The third-order valence-electron chi connectivity index (χ3n) is 5.24. The second kappa shape index (κ2) is 8.32. The SMILES string of the molecule is CCOc1ccc([C@@H]2CCCN2Cn2nc(-c3ccco3)n(CC)c2=S)cc1. The zero-order chi connectivity index (χ0) is 19.5. The van der Waals surface area contributed by atoms with Crippen molar-refractivity contribution in [1.82, 2.24) is 19.2 Å². The Kier molecular flexibility index (Phi) is 5.64. The molecule has 0 aliphatic carbocycles. The lowest BCUT2D eigenvalue weighted by Gasteiger charge is -2.24. The van der Waals surface area contributed by atoms with E-state index in [-0.39, 0.29) is 0 Å². The van der Waals surface area contributed by atoms with Gasteiger partial charge in [0.25, 0.3) is 0 Å². The molecule has 3 aromatic rings. The Morgan fingerprint density at radius 2 is 2.04 bits per heavy atom. The third kappa shape index (κ3) is 3.64. The number of furan rings is 1. The van der Waals surface area contributed by atoms with Crippen molar-refractivity contribution in [2.24, 2.45) is 0 Å². The molecule has 0 bridgehead atoms. The summed E-state index contributed by atoms with van der Waals surface area (Å²) in [7, 11) is 0. The molecule has 28 heavy (non-hydrogen) atoms. The van der Waals surface area contributed by atoms with E-state index in [0.29, 0.717) is 19.3 Å². The fourth-order valence-corrected chi connectivity index (χ4v) is 4.22. The van der Waals surface area contributed by atoms with Crippen molar-refractivity contribution < 1.29 is 9.15 Å². The Morgan fingerprint density at radius 3 is 2.71 bits per heavy atom. The lowest BCUT2D eigenvalue weighted by atomic mass is 10.0. The van der Waals surface area contributed by atoms with Crippen LogP contribution in [0.3, 0.4) is 0 Å². The molecule has 1 aromatic carbocycles. The first-order valence-corrected chi connectivity index (χ1v) is 10.3. The van der Waals surface area contributed by atoms with Crippen LogP contribution < -0.4 is 4.74 Å². The Balaban J connectivity index is 1.57.